The van der Waals surface area contributed by atoms with Gasteiger partial charge in [-0.05, 0) is 50.0 Å². The largest absolute Gasteiger partial charge is 0.352 e. The van der Waals surface area contributed by atoms with Gasteiger partial charge >= 0.3 is 0 Å². The molecule has 5 rings (SSSR count). The van der Waals surface area contributed by atoms with Crippen molar-refractivity contribution in [2.24, 2.45) is 5.92 Å². The number of thiophene rings is 1. The second-order valence-corrected chi connectivity index (χ2v) is 11.5. The summed E-state index contributed by atoms with van der Waals surface area (Å²) in [7, 11) is 0. The van der Waals surface area contributed by atoms with Crippen LogP contribution in [0.3, 0.4) is 0 Å². The number of hydrogen-bond acceptors (Lipinski definition) is 5. The van der Waals surface area contributed by atoms with Crippen molar-refractivity contribution < 1.29 is 4.79 Å². The minimum Gasteiger partial charge on any atom is -0.352 e. The number of aromatic nitrogens is 2. The number of rotatable bonds is 4. The first-order valence-electron chi connectivity index (χ1n) is 12.9. The third-order valence-corrected chi connectivity index (χ3v) is 8.73. The predicted molar refractivity (Wildman–Crippen MR) is 133 cm³/mol. The fourth-order valence-corrected chi connectivity index (χ4v) is 7.01. The van der Waals surface area contributed by atoms with Gasteiger partial charge in [-0.25, -0.2) is 9.97 Å². The van der Waals surface area contributed by atoms with E-state index in [0.29, 0.717) is 24.2 Å². The summed E-state index contributed by atoms with van der Waals surface area (Å²) < 4.78 is 0. The average Bonchev–Trinajstić information content (AvgIpc) is 2.99. The van der Waals surface area contributed by atoms with Gasteiger partial charge in [0, 0.05) is 43.4 Å². The molecule has 0 N–H and O–H groups in total. The molecule has 0 aromatic carbocycles. The maximum absolute atomic E-state index is 12.6. The van der Waals surface area contributed by atoms with Gasteiger partial charge in [0.2, 0.25) is 5.91 Å². The van der Waals surface area contributed by atoms with Gasteiger partial charge < -0.3 is 9.80 Å². The average molecular weight is 455 g/mol. The summed E-state index contributed by atoms with van der Waals surface area (Å²) in [6, 6.07) is 0. The van der Waals surface area contributed by atoms with Crippen LogP contribution in [0, 0.1) is 5.92 Å². The zero-order chi connectivity index (χ0) is 22.1. The lowest BCUT2D eigenvalue weighted by Gasteiger charge is -2.36. The molecule has 1 saturated heterocycles. The summed E-state index contributed by atoms with van der Waals surface area (Å²) >= 11 is 1.94. The lowest BCUT2D eigenvalue weighted by Crippen LogP contribution is -2.49. The van der Waals surface area contributed by atoms with Gasteiger partial charge in [-0.3, -0.25) is 4.79 Å². The first-order chi connectivity index (χ1) is 15.6. The van der Waals surface area contributed by atoms with E-state index in [0.717, 1.165) is 32.0 Å². The van der Waals surface area contributed by atoms with Crippen LogP contribution in [0.5, 0.6) is 0 Å². The summed E-state index contributed by atoms with van der Waals surface area (Å²) in [6.45, 7) is 7.63. The highest BCUT2D eigenvalue weighted by Gasteiger charge is 2.29. The Morgan fingerprint density at radius 1 is 0.969 bits per heavy atom. The molecule has 0 bridgehead atoms. The summed E-state index contributed by atoms with van der Waals surface area (Å²) in [4.78, 5) is 30.4. The molecule has 174 valence electrons. The molecular weight excluding hydrogens is 416 g/mol. The van der Waals surface area contributed by atoms with Crippen molar-refractivity contribution in [1.29, 1.82) is 0 Å². The fraction of sp³-hybridized carbons (Fsp3) is 0.731. The molecule has 2 fully saturated rings. The zero-order valence-corrected chi connectivity index (χ0v) is 20.7. The van der Waals surface area contributed by atoms with Gasteiger partial charge in [0.05, 0.1) is 5.39 Å². The molecule has 32 heavy (non-hydrogen) atoms. The quantitative estimate of drug-likeness (QED) is 0.556. The fourth-order valence-electron chi connectivity index (χ4n) is 5.75. The van der Waals surface area contributed by atoms with Gasteiger partial charge in [-0.1, -0.05) is 39.5 Å². The van der Waals surface area contributed by atoms with E-state index >= 15 is 0 Å². The molecule has 0 unspecified atom stereocenters. The van der Waals surface area contributed by atoms with Crippen LogP contribution < -0.4 is 4.90 Å². The summed E-state index contributed by atoms with van der Waals surface area (Å²) in [6.07, 6.45) is 13.4. The van der Waals surface area contributed by atoms with Crippen molar-refractivity contribution in [3.05, 3.63) is 16.3 Å². The Morgan fingerprint density at radius 3 is 2.44 bits per heavy atom. The highest BCUT2D eigenvalue weighted by Crippen LogP contribution is 2.41. The first-order valence-corrected chi connectivity index (χ1v) is 13.8. The Bertz CT molecular complexity index is 954. The highest BCUT2D eigenvalue weighted by atomic mass is 32.1. The number of hydrogen-bond donors (Lipinski definition) is 0. The SMILES string of the molecule is CC(C)CC(=O)N1CCN(c2nc(C3CCCCC3)nc3sc4c(c23)CCCCC4)CC1. The van der Waals surface area contributed by atoms with E-state index in [4.69, 9.17) is 9.97 Å². The third kappa shape index (κ3) is 4.52. The lowest BCUT2D eigenvalue weighted by atomic mass is 9.88. The predicted octanol–water partition coefficient (Wildman–Crippen LogP) is 5.70. The van der Waals surface area contributed by atoms with Crippen molar-refractivity contribution in [3.63, 3.8) is 0 Å². The monoisotopic (exact) mass is 454 g/mol. The molecule has 3 heterocycles. The highest BCUT2D eigenvalue weighted by molar-refractivity contribution is 7.19. The minimum atomic E-state index is 0.305. The zero-order valence-electron chi connectivity index (χ0n) is 19.9. The van der Waals surface area contributed by atoms with Crippen molar-refractivity contribution in [1.82, 2.24) is 14.9 Å². The summed E-state index contributed by atoms with van der Waals surface area (Å²) in [5.41, 5.74) is 1.53. The molecule has 1 aliphatic heterocycles. The van der Waals surface area contributed by atoms with E-state index in [1.807, 2.05) is 11.3 Å². The standard InChI is InChI=1S/C26H38N4OS/c1-18(2)17-22(31)29-13-15-30(16-14-29)25-23-20-11-7-4-8-12-21(20)32-26(23)28-24(27-25)19-9-5-3-6-10-19/h18-19H,3-17H2,1-2H3. The van der Waals surface area contributed by atoms with Gasteiger partial charge in [-0.2, -0.15) is 0 Å². The molecule has 5 nitrogen and oxygen atoms in total. The van der Waals surface area contributed by atoms with E-state index in [1.54, 1.807) is 4.88 Å². The van der Waals surface area contributed by atoms with Crippen LogP contribution in [0.2, 0.25) is 0 Å². The molecular formula is C26H38N4OS. The maximum Gasteiger partial charge on any atom is 0.222 e. The number of carbonyl (C=O) groups is 1. The maximum atomic E-state index is 12.6. The van der Waals surface area contributed by atoms with Gasteiger partial charge in [-0.15, -0.1) is 11.3 Å². The van der Waals surface area contributed by atoms with Gasteiger partial charge in [0.25, 0.3) is 0 Å². The molecule has 2 aromatic heterocycles. The number of anilines is 1. The Balaban J connectivity index is 1.47. The molecule has 1 saturated carbocycles. The lowest BCUT2D eigenvalue weighted by molar-refractivity contribution is -0.132. The van der Waals surface area contributed by atoms with E-state index in [9.17, 15) is 4.79 Å². The number of nitrogens with zero attached hydrogens (tertiary/aromatic N) is 4. The van der Waals surface area contributed by atoms with E-state index in [1.165, 1.54) is 85.8 Å². The van der Waals surface area contributed by atoms with Crippen LogP contribution in [0.1, 0.15) is 93.8 Å². The molecule has 0 spiro atoms. The summed E-state index contributed by atoms with van der Waals surface area (Å²) in [5, 5.41) is 1.34. The Kier molecular flexibility index (Phi) is 6.68. The topological polar surface area (TPSA) is 49.3 Å². The molecule has 2 aliphatic carbocycles. The number of carbonyl (C=O) groups excluding carboxylic acids is 1. The smallest absolute Gasteiger partial charge is 0.222 e. The Morgan fingerprint density at radius 2 is 1.69 bits per heavy atom. The molecule has 3 aliphatic rings. The van der Waals surface area contributed by atoms with Crippen molar-refractivity contribution in [3.8, 4) is 0 Å². The first kappa shape index (κ1) is 22.1. The van der Waals surface area contributed by atoms with Crippen LogP contribution >= 0.6 is 11.3 Å². The number of amides is 1. The molecule has 0 atom stereocenters. The second kappa shape index (κ2) is 9.66. The van der Waals surface area contributed by atoms with Crippen molar-refractivity contribution >= 4 is 33.3 Å². The Labute approximate surface area is 196 Å². The Hall–Kier alpha value is -1.69. The van der Waals surface area contributed by atoms with E-state index < -0.39 is 0 Å². The van der Waals surface area contributed by atoms with Crippen molar-refractivity contribution in [2.75, 3.05) is 31.1 Å². The van der Waals surface area contributed by atoms with E-state index in [2.05, 4.69) is 23.6 Å². The second-order valence-electron chi connectivity index (χ2n) is 10.5. The van der Waals surface area contributed by atoms with Crippen LogP contribution in [-0.2, 0) is 17.6 Å². The van der Waals surface area contributed by atoms with Gasteiger partial charge in [0.15, 0.2) is 0 Å². The number of aryl methyl sites for hydroxylation is 2. The van der Waals surface area contributed by atoms with Crippen molar-refractivity contribution in [2.45, 2.75) is 90.4 Å². The molecule has 6 heteroatoms. The van der Waals surface area contributed by atoms with Crippen LogP contribution in [0.15, 0.2) is 0 Å². The molecule has 0 radical (unpaired) electrons. The third-order valence-electron chi connectivity index (χ3n) is 7.55. The molecule has 2 aromatic rings. The van der Waals surface area contributed by atoms with E-state index in [-0.39, 0.29) is 0 Å². The van der Waals surface area contributed by atoms with Crippen LogP contribution in [0.25, 0.3) is 10.2 Å². The normalized spacial score (nSPS) is 20.6. The number of fused-ring (bicyclic) bond motifs is 3. The number of piperazine rings is 1. The summed E-state index contributed by atoms with van der Waals surface area (Å²) in [5.74, 6) is 3.50. The van der Waals surface area contributed by atoms with Crippen LogP contribution in [0.4, 0.5) is 5.82 Å². The molecule has 1 amide bonds. The van der Waals surface area contributed by atoms with Crippen LogP contribution in [-0.4, -0.2) is 47.0 Å². The van der Waals surface area contributed by atoms with Gasteiger partial charge in [0.1, 0.15) is 16.5 Å². The minimum absolute atomic E-state index is 0.305.